The van der Waals surface area contributed by atoms with Gasteiger partial charge < -0.3 is 9.88 Å². The first-order chi connectivity index (χ1) is 11.1. The summed E-state index contributed by atoms with van der Waals surface area (Å²) in [5.41, 5.74) is 1.67. The molecule has 23 heavy (non-hydrogen) atoms. The Labute approximate surface area is 133 Å². The number of nitro groups is 1. The fourth-order valence-electron chi connectivity index (χ4n) is 2.96. The molecule has 2 aliphatic carbocycles. The largest absolute Gasteiger partial charge is 0.378 e. The number of nitrogens with zero attached hydrogens (tertiary/aromatic N) is 4. The molecule has 1 aromatic heterocycles. The van der Waals surface area contributed by atoms with Gasteiger partial charge in [0.2, 0.25) is 0 Å². The molecule has 7 heteroatoms. The third kappa shape index (κ3) is 2.78. The van der Waals surface area contributed by atoms with E-state index in [1.807, 2.05) is 0 Å². The van der Waals surface area contributed by atoms with Gasteiger partial charge in [-0.05, 0) is 44.7 Å². The lowest BCUT2D eigenvalue weighted by atomic mass is 10.2. The van der Waals surface area contributed by atoms with Crippen LogP contribution in [0, 0.1) is 17.0 Å². The van der Waals surface area contributed by atoms with Crippen LogP contribution in [0.25, 0.3) is 0 Å². The maximum atomic E-state index is 10.9. The molecule has 2 aliphatic rings. The van der Waals surface area contributed by atoms with E-state index in [2.05, 4.69) is 20.1 Å². The van der Waals surface area contributed by atoms with Crippen LogP contribution < -0.4 is 5.32 Å². The smallest absolute Gasteiger partial charge is 0.272 e. The van der Waals surface area contributed by atoms with E-state index in [0.29, 0.717) is 24.1 Å². The molecule has 1 aromatic carbocycles. The lowest BCUT2D eigenvalue weighted by Gasteiger charge is -2.10. The molecular weight excluding hydrogens is 294 g/mol. The highest BCUT2D eigenvalue weighted by molar-refractivity contribution is 5.53. The summed E-state index contributed by atoms with van der Waals surface area (Å²) in [5, 5.41) is 22.9. The fourth-order valence-corrected chi connectivity index (χ4v) is 2.96. The van der Waals surface area contributed by atoms with E-state index in [9.17, 15) is 10.1 Å². The van der Waals surface area contributed by atoms with Crippen LogP contribution in [0.1, 0.15) is 54.9 Å². The van der Waals surface area contributed by atoms with Crippen LogP contribution in [-0.2, 0) is 6.54 Å². The average molecular weight is 313 g/mol. The number of aromatic nitrogens is 3. The second-order valence-electron chi connectivity index (χ2n) is 6.46. The van der Waals surface area contributed by atoms with Gasteiger partial charge in [-0.2, -0.15) is 0 Å². The number of hydrogen-bond donors (Lipinski definition) is 1. The first kappa shape index (κ1) is 14.2. The van der Waals surface area contributed by atoms with Gasteiger partial charge in [-0.15, -0.1) is 10.2 Å². The molecule has 0 aliphatic heterocycles. The topological polar surface area (TPSA) is 85.9 Å². The molecule has 1 heterocycles. The van der Waals surface area contributed by atoms with Crippen molar-refractivity contribution in [3.05, 3.63) is 45.5 Å². The standard InChI is InChI=1S/C16H19N5O2/c1-10-8-12(4-7-14(10)21(22)23)17-9-15-18-19-16(11-2-3-11)20(15)13-5-6-13/h4,7-8,11,13,17H,2-3,5-6,9H2,1H3. The van der Waals surface area contributed by atoms with E-state index in [1.165, 1.54) is 25.7 Å². The third-order valence-electron chi connectivity index (χ3n) is 4.49. The lowest BCUT2D eigenvalue weighted by Crippen LogP contribution is -2.10. The molecule has 0 atom stereocenters. The fraction of sp³-hybridized carbons (Fsp3) is 0.500. The molecule has 0 amide bonds. The number of benzene rings is 1. The van der Waals surface area contributed by atoms with Gasteiger partial charge >= 0.3 is 0 Å². The minimum absolute atomic E-state index is 0.146. The summed E-state index contributed by atoms with van der Waals surface area (Å²) in [6, 6.07) is 5.65. The Kier molecular flexibility index (Phi) is 3.28. The Hall–Kier alpha value is -2.44. The summed E-state index contributed by atoms with van der Waals surface area (Å²) in [5.74, 6) is 2.70. The zero-order chi connectivity index (χ0) is 16.0. The van der Waals surface area contributed by atoms with Crippen molar-refractivity contribution in [2.24, 2.45) is 0 Å². The normalized spacial score (nSPS) is 17.3. The van der Waals surface area contributed by atoms with E-state index in [4.69, 9.17) is 0 Å². The lowest BCUT2D eigenvalue weighted by molar-refractivity contribution is -0.385. The average Bonchev–Trinajstić information content (AvgIpc) is 3.43. The van der Waals surface area contributed by atoms with Gasteiger partial charge in [-0.3, -0.25) is 10.1 Å². The molecule has 7 nitrogen and oxygen atoms in total. The summed E-state index contributed by atoms with van der Waals surface area (Å²) >= 11 is 0. The summed E-state index contributed by atoms with van der Waals surface area (Å²) < 4.78 is 2.31. The van der Waals surface area contributed by atoms with Gasteiger partial charge in [0.1, 0.15) is 5.82 Å². The second kappa shape index (κ2) is 5.33. The minimum atomic E-state index is -0.356. The minimum Gasteiger partial charge on any atom is -0.378 e. The van der Waals surface area contributed by atoms with Crippen LogP contribution in [0.4, 0.5) is 11.4 Å². The van der Waals surface area contributed by atoms with Crippen LogP contribution in [0.3, 0.4) is 0 Å². The van der Waals surface area contributed by atoms with Crippen molar-refractivity contribution in [2.75, 3.05) is 5.32 Å². The second-order valence-corrected chi connectivity index (χ2v) is 6.46. The van der Waals surface area contributed by atoms with Gasteiger partial charge in [-0.25, -0.2) is 0 Å². The van der Waals surface area contributed by atoms with Gasteiger partial charge in [0.15, 0.2) is 5.82 Å². The van der Waals surface area contributed by atoms with Crippen LogP contribution in [-0.4, -0.2) is 19.7 Å². The number of nitro benzene ring substituents is 1. The summed E-state index contributed by atoms with van der Waals surface area (Å²) in [6.45, 7) is 2.34. The zero-order valence-electron chi connectivity index (χ0n) is 13.0. The molecule has 0 radical (unpaired) electrons. The van der Waals surface area contributed by atoms with Crippen molar-refractivity contribution >= 4 is 11.4 Å². The van der Waals surface area contributed by atoms with Crippen molar-refractivity contribution in [3.63, 3.8) is 0 Å². The van der Waals surface area contributed by atoms with E-state index in [-0.39, 0.29) is 10.6 Å². The van der Waals surface area contributed by atoms with Gasteiger partial charge in [0.25, 0.3) is 5.69 Å². The molecule has 2 aromatic rings. The predicted octanol–water partition coefficient (Wildman–Crippen LogP) is 3.32. The zero-order valence-corrected chi connectivity index (χ0v) is 13.0. The van der Waals surface area contributed by atoms with Crippen LogP contribution in [0.5, 0.6) is 0 Å². The Bertz CT molecular complexity index is 762. The summed E-state index contributed by atoms with van der Waals surface area (Å²) in [6.07, 6.45) is 4.86. The quantitative estimate of drug-likeness (QED) is 0.653. The van der Waals surface area contributed by atoms with Crippen molar-refractivity contribution < 1.29 is 4.92 Å². The Morgan fingerprint density at radius 2 is 2.09 bits per heavy atom. The van der Waals surface area contributed by atoms with Crippen molar-refractivity contribution in [1.82, 2.24) is 14.8 Å². The van der Waals surface area contributed by atoms with Crippen LogP contribution in [0.15, 0.2) is 18.2 Å². The number of anilines is 1. The first-order valence-electron chi connectivity index (χ1n) is 8.06. The summed E-state index contributed by atoms with van der Waals surface area (Å²) in [4.78, 5) is 10.5. The SMILES string of the molecule is Cc1cc(NCc2nnc(C3CC3)n2C2CC2)ccc1[N+](=O)[O-]. The van der Waals surface area contributed by atoms with Gasteiger partial charge in [-0.1, -0.05) is 0 Å². The Balaban J connectivity index is 1.51. The molecule has 4 rings (SSSR count). The van der Waals surface area contributed by atoms with Crippen molar-refractivity contribution in [2.45, 2.75) is 51.1 Å². The number of rotatable bonds is 6. The molecular formula is C16H19N5O2. The van der Waals surface area contributed by atoms with E-state index in [0.717, 1.165) is 17.3 Å². The van der Waals surface area contributed by atoms with Crippen molar-refractivity contribution in [1.29, 1.82) is 0 Å². The highest BCUT2D eigenvalue weighted by Crippen LogP contribution is 2.44. The highest BCUT2D eigenvalue weighted by Gasteiger charge is 2.36. The summed E-state index contributed by atoms with van der Waals surface area (Å²) in [7, 11) is 0. The maximum Gasteiger partial charge on any atom is 0.272 e. The molecule has 0 bridgehead atoms. The number of nitrogens with one attached hydrogen (secondary N) is 1. The highest BCUT2D eigenvalue weighted by atomic mass is 16.6. The number of hydrogen-bond acceptors (Lipinski definition) is 5. The molecule has 2 fully saturated rings. The molecule has 0 spiro atoms. The Morgan fingerprint density at radius 3 is 2.70 bits per heavy atom. The van der Waals surface area contributed by atoms with E-state index >= 15 is 0 Å². The first-order valence-corrected chi connectivity index (χ1v) is 8.06. The predicted molar refractivity (Wildman–Crippen MR) is 85.4 cm³/mol. The molecule has 120 valence electrons. The number of aryl methyl sites for hydroxylation is 1. The maximum absolute atomic E-state index is 10.9. The monoisotopic (exact) mass is 313 g/mol. The van der Waals surface area contributed by atoms with E-state index < -0.39 is 0 Å². The van der Waals surface area contributed by atoms with Crippen molar-refractivity contribution in [3.8, 4) is 0 Å². The molecule has 1 N–H and O–H groups in total. The molecule has 0 unspecified atom stereocenters. The van der Waals surface area contributed by atoms with Gasteiger partial charge in [0, 0.05) is 29.3 Å². The third-order valence-corrected chi connectivity index (χ3v) is 4.49. The molecule has 0 saturated heterocycles. The van der Waals surface area contributed by atoms with Crippen LogP contribution >= 0.6 is 0 Å². The Morgan fingerprint density at radius 1 is 1.30 bits per heavy atom. The van der Waals surface area contributed by atoms with Gasteiger partial charge in [0.05, 0.1) is 11.5 Å². The molecule has 2 saturated carbocycles. The van der Waals surface area contributed by atoms with E-state index in [1.54, 1.807) is 25.1 Å². The van der Waals surface area contributed by atoms with Crippen LogP contribution in [0.2, 0.25) is 0 Å².